The number of benzene rings is 1. The molecule has 0 saturated carbocycles. The fraction of sp³-hybridized carbons (Fsp3) is 0.231. The van der Waals surface area contributed by atoms with E-state index in [4.69, 9.17) is 0 Å². The van der Waals surface area contributed by atoms with Crippen molar-refractivity contribution in [3.63, 3.8) is 0 Å². The molecule has 1 aromatic carbocycles. The van der Waals surface area contributed by atoms with Crippen molar-refractivity contribution in [2.75, 3.05) is 5.32 Å². The first-order valence-corrected chi connectivity index (χ1v) is 5.67. The Morgan fingerprint density at radius 3 is 2.72 bits per heavy atom. The molecule has 0 aliphatic carbocycles. The molecular formula is C13H15N3O2. The van der Waals surface area contributed by atoms with E-state index in [-0.39, 0.29) is 12.3 Å². The number of carbonyl (C=O) groups is 1. The maximum absolute atomic E-state index is 11.7. The van der Waals surface area contributed by atoms with Crippen LogP contribution in [0, 0.1) is 0 Å². The molecular weight excluding hydrogens is 230 g/mol. The van der Waals surface area contributed by atoms with Crippen LogP contribution in [0.1, 0.15) is 18.1 Å². The lowest BCUT2D eigenvalue weighted by atomic mass is 10.1. The van der Waals surface area contributed by atoms with Gasteiger partial charge in [-0.25, -0.2) is 0 Å². The number of nitrogens with zero attached hydrogens (tertiary/aromatic N) is 2. The molecule has 2 aromatic rings. The number of amides is 1. The van der Waals surface area contributed by atoms with Gasteiger partial charge in [0.15, 0.2) is 0 Å². The lowest BCUT2D eigenvalue weighted by Gasteiger charge is -2.11. The van der Waals surface area contributed by atoms with Crippen LogP contribution in [0.5, 0.6) is 0 Å². The fourth-order valence-electron chi connectivity index (χ4n) is 1.66. The number of aliphatic hydroxyl groups excluding tert-OH is 1. The Morgan fingerprint density at radius 1 is 1.39 bits per heavy atom. The number of rotatable bonds is 4. The Kier molecular flexibility index (Phi) is 3.74. The number of hydrogen-bond donors (Lipinski definition) is 2. The van der Waals surface area contributed by atoms with E-state index in [1.165, 1.54) is 0 Å². The Hall–Kier alpha value is -2.14. The van der Waals surface area contributed by atoms with E-state index in [1.807, 2.05) is 18.2 Å². The Bertz CT molecular complexity index is 522. The first kappa shape index (κ1) is 12.3. The molecule has 0 radical (unpaired) electrons. The highest BCUT2D eigenvalue weighted by Gasteiger charge is 2.13. The second-order valence-electron chi connectivity index (χ2n) is 4.02. The summed E-state index contributed by atoms with van der Waals surface area (Å²) in [5, 5.41) is 16.5. The first-order valence-electron chi connectivity index (χ1n) is 5.67. The van der Waals surface area contributed by atoms with Crippen molar-refractivity contribution in [3.8, 4) is 0 Å². The summed E-state index contributed by atoms with van der Waals surface area (Å²) >= 11 is 0. The minimum Gasteiger partial charge on any atom is -0.388 e. The van der Waals surface area contributed by atoms with Crippen LogP contribution in [0.3, 0.4) is 0 Å². The van der Waals surface area contributed by atoms with E-state index in [0.29, 0.717) is 5.82 Å². The molecule has 18 heavy (non-hydrogen) atoms. The average molecular weight is 245 g/mol. The molecule has 5 nitrogen and oxygen atoms in total. The van der Waals surface area contributed by atoms with Crippen LogP contribution in [-0.4, -0.2) is 20.8 Å². The first-order chi connectivity index (χ1) is 8.66. The van der Waals surface area contributed by atoms with Crippen LogP contribution < -0.4 is 5.32 Å². The summed E-state index contributed by atoms with van der Waals surface area (Å²) in [7, 11) is 1.74. The zero-order valence-electron chi connectivity index (χ0n) is 10.1. The predicted octanol–water partition coefficient (Wildman–Crippen LogP) is 1.48. The molecule has 2 rings (SSSR count). The number of aliphatic hydroxyl groups is 1. The number of aryl methyl sites for hydroxylation is 1. The molecule has 0 aliphatic rings. The van der Waals surface area contributed by atoms with Crippen LogP contribution in [0.15, 0.2) is 42.6 Å². The quantitative estimate of drug-likeness (QED) is 0.857. The summed E-state index contributed by atoms with van der Waals surface area (Å²) in [4.78, 5) is 11.7. The Balaban J connectivity index is 1.94. The van der Waals surface area contributed by atoms with Crippen molar-refractivity contribution in [2.45, 2.75) is 12.5 Å². The minimum atomic E-state index is -0.792. The standard InChI is InChI=1S/C13H15N3O2/c1-16-12(7-8-14-16)15-13(18)9-11(17)10-5-3-2-4-6-10/h2-8,11,17H,9H2,1H3,(H,15,18). The molecule has 0 saturated heterocycles. The molecule has 2 N–H and O–H groups in total. The summed E-state index contributed by atoms with van der Waals surface area (Å²) in [5.74, 6) is 0.371. The second kappa shape index (κ2) is 5.46. The molecule has 1 amide bonds. The average Bonchev–Trinajstić information content (AvgIpc) is 2.76. The minimum absolute atomic E-state index is 0.0230. The summed E-state index contributed by atoms with van der Waals surface area (Å²) in [6.45, 7) is 0. The van der Waals surface area contributed by atoms with Crippen LogP contribution in [0.4, 0.5) is 5.82 Å². The molecule has 1 heterocycles. The number of nitrogens with one attached hydrogen (secondary N) is 1. The predicted molar refractivity (Wildman–Crippen MR) is 67.9 cm³/mol. The molecule has 1 unspecified atom stereocenters. The third kappa shape index (κ3) is 2.95. The number of carbonyl (C=O) groups excluding carboxylic acids is 1. The van der Waals surface area contributed by atoms with E-state index in [0.717, 1.165) is 5.56 Å². The van der Waals surface area contributed by atoms with Crippen LogP contribution in [0.25, 0.3) is 0 Å². The highest BCUT2D eigenvalue weighted by Crippen LogP contribution is 2.16. The molecule has 94 valence electrons. The highest BCUT2D eigenvalue weighted by atomic mass is 16.3. The van der Waals surface area contributed by atoms with Gasteiger partial charge in [0.05, 0.1) is 18.7 Å². The number of aromatic nitrogens is 2. The van der Waals surface area contributed by atoms with Gasteiger partial charge in [0.25, 0.3) is 0 Å². The van der Waals surface area contributed by atoms with Gasteiger partial charge in [-0.1, -0.05) is 30.3 Å². The zero-order chi connectivity index (χ0) is 13.0. The monoisotopic (exact) mass is 245 g/mol. The van der Waals surface area contributed by atoms with Gasteiger partial charge in [-0.15, -0.1) is 0 Å². The molecule has 5 heteroatoms. The molecule has 0 aliphatic heterocycles. The summed E-state index contributed by atoms with van der Waals surface area (Å²) in [6.07, 6.45) is 0.831. The van der Waals surface area contributed by atoms with E-state index in [2.05, 4.69) is 10.4 Å². The van der Waals surface area contributed by atoms with Gasteiger partial charge < -0.3 is 10.4 Å². The smallest absolute Gasteiger partial charge is 0.228 e. The van der Waals surface area contributed by atoms with Crippen molar-refractivity contribution in [3.05, 3.63) is 48.2 Å². The second-order valence-corrected chi connectivity index (χ2v) is 4.02. The van der Waals surface area contributed by atoms with Gasteiger partial charge in [-0.05, 0) is 5.56 Å². The molecule has 0 bridgehead atoms. The SMILES string of the molecule is Cn1nccc1NC(=O)CC(O)c1ccccc1. The van der Waals surface area contributed by atoms with Gasteiger partial charge >= 0.3 is 0 Å². The van der Waals surface area contributed by atoms with Gasteiger partial charge in [0.2, 0.25) is 5.91 Å². The lowest BCUT2D eigenvalue weighted by Crippen LogP contribution is -2.17. The number of anilines is 1. The zero-order valence-corrected chi connectivity index (χ0v) is 10.1. The van der Waals surface area contributed by atoms with E-state index < -0.39 is 6.10 Å². The topological polar surface area (TPSA) is 67.2 Å². The molecule has 1 atom stereocenters. The lowest BCUT2D eigenvalue weighted by molar-refractivity contribution is -0.118. The summed E-state index contributed by atoms with van der Waals surface area (Å²) in [5.41, 5.74) is 0.734. The Labute approximate surface area is 105 Å². The Morgan fingerprint density at radius 2 is 2.11 bits per heavy atom. The van der Waals surface area contributed by atoms with Gasteiger partial charge in [0, 0.05) is 13.1 Å². The van der Waals surface area contributed by atoms with Crippen molar-refractivity contribution >= 4 is 11.7 Å². The van der Waals surface area contributed by atoms with Crippen LogP contribution in [-0.2, 0) is 11.8 Å². The van der Waals surface area contributed by atoms with Crippen molar-refractivity contribution in [2.24, 2.45) is 7.05 Å². The van der Waals surface area contributed by atoms with Crippen molar-refractivity contribution in [1.29, 1.82) is 0 Å². The van der Waals surface area contributed by atoms with E-state index in [1.54, 1.807) is 36.1 Å². The maximum Gasteiger partial charge on any atom is 0.228 e. The molecule has 0 fully saturated rings. The fourth-order valence-corrected chi connectivity index (χ4v) is 1.66. The van der Waals surface area contributed by atoms with E-state index >= 15 is 0 Å². The van der Waals surface area contributed by atoms with Crippen LogP contribution >= 0.6 is 0 Å². The van der Waals surface area contributed by atoms with Crippen molar-refractivity contribution < 1.29 is 9.90 Å². The summed E-state index contributed by atoms with van der Waals surface area (Å²) in [6, 6.07) is 10.8. The van der Waals surface area contributed by atoms with E-state index in [9.17, 15) is 9.90 Å². The largest absolute Gasteiger partial charge is 0.388 e. The molecule has 0 spiro atoms. The summed E-state index contributed by atoms with van der Waals surface area (Å²) < 4.78 is 1.56. The van der Waals surface area contributed by atoms with Gasteiger partial charge in [-0.3, -0.25) is 9.48 Å². The number of hydrogen-bond acceptors (Lipinski definition) is 3. The third-order valence-corrected chi connectivity index (χ3v) is 2.65. The van der Waals surface area contributed by atoms with Crippen molar-refractivity contribution in [1.82, 2.24) is 9.78 Å². The highest BCUT2D eigenvalue weighted by molar-refractivity contribution is 5.90. The van der Waals surface area contributed by atoms with Gasteiger partial charge in [-0.2, -0.15) is 5.10 Å². The third-order valence-electron chi connectivity index (χ3n) is 2.65. The molecule has 1 aromatic heterocycles. The van der Waals surface area contributed by atoms with Gasteiger partial charge in [0.1, 0.15) is 5.82 Å². The van der Waals surface area contributed by atoms with Crippen LogP contribution in [0.2, 0.25) is 0 Å². The maximum atomic E-state index is 11.7. The normalized spacial score (nSPS) is 12.1.